The molecule has 0 spiro atoms. The maximum absolute atomic E-state index is 5.78. The van der Waals surface area contributed by atoms with Crippen LogP contribution < -0.4 is 0 Å². The van der Waals surface area contributed by atoms with E-state index in [1.807, 2.05) is 0 Å². The molecule has 0 saturated carbocycles. The van der Waals surface area contributed by atoms with Gasteiger partial charge in [-0.1, -0.05) is 0 Å². The Labute approximate surface area is 273 Å². The van der Waals surface area contributed by atoms with E-state index < -0.39 is 18.3 Å². The average Bonchev–Trinajstić information content (AvgIpc) is 3.46. The van der Waals surface area contributed by atoms with E-state index in [0.717, 1.165) is 0 Å². The Hall–Kier alpha value is -1.33. The van der Waals surface area contributed by atoms with Crippen LogP contribution in [0.25, 0.3) is 11.1 Å². The van der Waals surface area contributed by atoms with Crippen LogP contribution >= 0.6 is 0 Å². The summed E-state index contributed by atoms with van der Waals surface area (Å²) in [4.78, 5) is 0. The van der Waals surface area contributed by atoms with Crippen molar-refractivity contribution in [3.63, 3.8) is 0 Å². The van der Waals surface area contributed by atoms with Crippen molar-refractivity contribution in [3.8, 4) is 11.1 Å². The van der Waals surface area contributed by atoms with E-state index in [2.05, 4.69) is 159 Å². The van der Waals surface area contributed by atoms with Gasteiger partial charge in [-0.25, -0.2) is 0 Å². The van der Waals surface area contributed by atoms with Crippen molar-refractivity contribution in [2.45, 2.75) is 148 Å². The standard InChI is InChI=1S/C29H41.C5H5.2C4H9.CH2.Zr/c1-26(2,3)22-14-18-13-19-15-23(27(4,5)6)25(29(10,11)12)17-21(19)20(18)16-24(22)28(7,8)9;1-2-4-5-3-1;2*1-4(2)3;;/h13-17H,1-12H3;1-5H;2*4H,1H2,2-3H3;1H2;. The number of benzene rings is 2. The van der Waals surface area contributed by atoms with Crippen molar-refractivity contribution >= 4 is 4.21 Å². The van der Waals surface area contributed by atoms with Gasteiger partial charge in [0.05, 0.1) is 0 Å². The van der Waals surface area contributed by atoms with E-state index in [1.165, 1.54) is 41.6 Å². The molecule has 0 amide bonds. The zero-order chi connectivity index (χ0) is 33.4. The Balaban J connectivity index is 2.30. The Morgan fingerprint density at radius 3 is 1.11 bits per heavy atom. The summed E-state index contributed by atoms with van der Waals surface area (Å²) < 4.78 is 9.21. The Morgan fingerprint density at radius 1 is 0.545 bits per heavy atom. The Morgan fingerprint density at radius 2 is 0.841 bits per heavy atom. The summed E-state index contributed by atoms with van der Waals surface area (Å²) in [7, 11) is 0. The van der Waals surface area contributed by atoms with Crippen LogP contribution in [0.3, 0.4) is 0 Å². The van der Waals surface area contributed by atoms with Crippen LogP contribution in [-0.2, 0) is 40.0 Å². The molecule has 4 rings (SSSR count). The molecular weight excluding hydrogens is 608 g/mol. The first kappa shape index (κ1) is 35.5. The van der Waals surface area contributed by atoms with E-state index in [9.17, 15) is 0 Å². The van der Waals surface area contributed by atoms with Crippen LogP contribution in [0.1, 0.15) is 148 Å². The van der Waals surface area contributed by atoms with Gasteiger partial charge in [-0.05, 0) is 0 Å². The van der Waals surface area contributed by atoms with Crippen molar-refractivity contribution in [3.05, 3.63) is 82.0 Å². The molecule has 0 nitrogen and oxygen atoms in total. The van der Waals surface area contributed by atoms with E-state index >= 15 is 0 Å². The Bertz CT molecular complexity index is 1430. The molecule has 0 unspecified atom stereocenters. The topological polar surface area (TPSA) is 0 Å². The van der Waals surface area contributed by atoms with Gasteiger partial charge in [0.25, 0.3) is 0 Å². The predicted octanol–water partition coefficient (Wildman–Crippen LogP) is 13.1. The van der Waals surface area contributed by atoms with Crippen molar-refractivity contribution in [2.24, 2.45) is 11.8 Å². The summed E-state index contributed by atoms with van der Waals surface area (Å²) in [5.74, 6) is 1.22. The summed E-state index contributed by atoms with van der Waals surface area (Å²) in [6.07, 6.45) is 9.77. The average molecular weight is 674 g/mol. The second kappa shape index (κ2) is 11.1. The second-order valence-corrected chi connectivity index (χ2v) is 35.6. The molecule has 0 atom stereocenters. The van der Waals surface area contributed by atoms with Crippen LogP contribution in [0.4, 0.5) is 0 Å². The fourth-order valence-electron chi connectivity index (χ4n) is 9.50. The van der Waals surface area contributed by atoms with E-state index in [1.54, 1.807) is 11.1 Å². The van der Waals surface area contributed by atoms with E-state index in [4.69, 9.17) is 4.21 Å². The van der Waals surface area contributed by atoms with Gasteiger partial charge in [-0.2, -0.15) is 0 Å². The number of rotatable bonds is 6. The van der Waals surface area contributed by atoms with E-state index in [0.29, 0.717) is 19.1 Å². The van der Waals surface area contributed by atoms with Gasteiger partial charge < -0.3 is 0 Å². The van der Waals surface area contributed by atoms with Crippen LogP contribution in [-0.4, -0.2) is 4.21 Å². The third kappa shape index (κ3) is 6.19. The minimum absolute atomic E-state index is 0.0554. The minimum atomic E-state index is -4.09. The summed E-state index contributed by atoms with van der Waals surface area (Å²) >= 11 is -4.09. The van der Waals surface area contributed by atoms with Crippen molar-refractivity contribution in [1.82, 2.24) is 0 Å². The van der Waals surface area contributed by atoms with Gasteiger partial charge in [0.2, 0.25) is 0 Å². The summed E-state index contributed by atoms with van der Waals surface area (Å²) in [6, 6.07) is 10.7. The number of hydrogen-bond donors (Lipinski definition) is 0. The third-order valence-corrected chi connectivity index (χ3v) is 30.7. The summed E-state index contributed by atoms with van der Waals surface area (Å²) in [5.41, 5.74) is 12.5. The molecule has 0 fully saturated rings. The summed E-state index contributed by atoms with van der Waals surface area (Å²) in [5, 5.41) is 0. The fraction of sp³-hybridized carbons (Fsp3) is 0.605. The van der Waals surface area contributed by atoms with Crippen LogP contribution in [0.15, 0.2) is 48.6 Å². The number of hydrogen-bond acceptors (Lipinski definition) is 0. The van der Waals surface area contributed by atoms with Crippen LogP contribution in [0, 0.1) is 11.8 Å². The molecule has 44 heavy (non-hydrogen) atoms. The SMILES string of the molecule is [CH2]=[Zr]([CH2]C(C)C)([CH2]C(C)C)([CH]1C=CC=C1)[CH]1c2cc(C(C)(C)C)c(C(C)(C)C)cc2-c2cc(C(C)(C)C)c(C(C)(C)C)cc21. The van der Waals surface area contributed by atoms with Crippen LogP contribution in [0.5, 0.6) is 0 Å². The molecule has 2 aromatic carbocycles. The van der Waals surface area contributed by atoms with Gasteiger partial charge >= 0.3 is 275 Å². The third-order valence-electron chi connectivity index (χ3n) is 10.8. The molecular formula is C43H66Zr. The molecule has 0 saturated heterocycles. The molecule has 0 heterocycles. The number of allylic oxidation sites excluding steroid dienone is 4. The predicted molar refractivity (Wildman–Crippen MR) is 197 cm³/mol. The molecule has 1 heteroatoms. The Kier molecular flexibility index (Phi) is 8.99. The monoisotopic (exact) mass is 672 g/mol. The molecule has 0 aromatic heterocycles. The number of fused-ring (bicyclic) bond motifs is 3. The van der Waals surface area contributed by atoms with Gasteiger partial charge in [0, 0.05) is 0 Å². The van der Waals surface area contributed by atoms with Gasteiger partial charge in [0.1, 0.15) is 0 Å². The quantitative estimate of drug-likeness (QED) is 0.286. The molecule has 0 bridgehead atoms. The van der Waals surface area contributed by atoms with Crippen molar-refractivity contribution in [1.29, 1.82) is 0 Å². The van der Waals surface area contributed by atoms with Crippen LogP contribution in [0.2, 0.25) is 11.9 Å². The molecule has 2 aliphatic carbocycles. The van der Waals surface area contributed by atoms with Gasteiger partial charge in [-0.15, -0.1) is 0 Å². The fourth-order valence-corrected chi connectivity index (χ4v) is 32.1. The maximum atomic E-state index is 5.78. The molecule has 2 aromatic rings. The molecule has 2 aliphatic rings. The zero-order valence-corrected chi connectivity index (χ0v) is 34.0. The second-order valence-electron chi connectivity index (χ2n) is 20.0. The van der Waals surface area contributed by atoms with Gasteiger partial charge in [0.15, 0.2) is 0 Å². The van der Waals surface area contributed by atoms with Crippen molar-refractivity contribution < 1.29 is 18.3 Å². The summed E-state index contributed by atoms with van der Waals surface area (Å²) in [6.45, 7) is 38.7. The van der Waals surface area contributed by atoms with Gasteiger partial charge in [-0.3, -0.25) is 0 Å². The first-order valence-corrected chi connectivity index (χ1v) is 25.6. The first-order valence-electron chi connectivity index (χ1n) is 17.6. The molecule has 0 aliphatic heterocycles. The molecule has 0 N–H and O–H groups in total. The molecule has 0 radical (unpaired) electrons. The first-order chi connectivity index (χ1) is 19.8. The van der Waals surface area contributed by atoms with E-state index in [-0.39, 0.29) is 21.7 Å². The van der Waals surface area contributed by atoms with Crippen molar-refractivity contribution in [2.75, 3.05) is 0 Å². The normalized spacial score (nSPS) is 16.9. The molecule has 242 valence electrons. The zero-order valence-electron chi connectivity index (χ0n) is 31.5.